The van der Waals surface area contributed by atoms with Crippen molar-refractivity contribution in [1.82, 2.24) is 14.7 Å². The zero-order valence-electron chi connectivity index (χ0n) is 10.6. The molecule has 0 aliphatic carbocycles. The predicted octanol–water partition coefficient (Wildman–Crippen LogP) is -0.0585. The van der Waals surface area contributed by atoms with Gasteiger partial charge in [0.2, 0.25) is 0 Å². The van der Waals surface area contributed by atoms with Crippen LogP contribution in [0.1, 0.15) is 5.76 Å². The van der Waals surface area contributed by atoms with Crippen LogP contribution in [0.4, 0.5) is 0 Å². The SMILES string of the molecule is CN1CCN(NS(=O)(=O)c2cc(CN)oc2Br)CC1. The van der Waals surface area contributed by atoms with Crippen molar-refractivity contribution in [3.63, 3.8) is 0 Å². The summed E-state index contributed by atoms with van der Waals surface area (Å²) in [5.41, 5.74) is 5.43. The Bertz CT molecular complexity index is 537. The average molecular weight is 353 g/mol. The number of likely N-dealkylation sites (N-methyl/N-ethyl adjacent to an activating group) is 1. The van der Waals surface area contributed by atoms with E-state index >= 15 is 0 Å². The first kappa shape index (κ1) is 14.9. The zero-order valence-corrected chi connectivity index (χ0v) is 13.0. The maximum absolute atomic E-state index is 12.2. The number of hydrogen-bond acceptors (Lipinski definition) is 6. The Balaban J connectivity index is 2.11. The third-order valence-corrected chi connectivity index (χ3v) is 5.18. The van der Waals surface area contributed by atoms with Crippen molar-refractivity contribution in [2.75, 3.05) is 33.2 Å². The molecule has 108 valence electrons. The first-order valence-electron chi connectivity index (χ1n) is 5.86. The van der Waals surface area contributed by atoms with Crippen molar-refractivity contribution in [3.05, 3.63) is 16.5 Å². The lowest BCUT2D eigenvalue weighted by Crippen LogP contribution is -2.52. The van der Waals surface area contributed by atoms with Crippen LogP contribution in [0.15, 0.2) is 20.0 Å². The summed E-state index contributed by atoms with van der Waals surface area (Å²) >= 11 is 3.10. The second-order valence-electron chi connectivity index (χ2n) is 4.44. The quantitative estimate of drug-likeness (QED) is 0.788. The molecule has 1 aromatic heterocycles. The number of nitrogens with one attached hydrogen (secondary N) is 1. The Morgan fingerprint density at radius 3 is 2.58 bits per heavy atom. The number of halogens is 1. The first-order valence-corrected chi connectivity index (χ1v) is 8.14. The molecule has 1 aliphatic heterocycles. The fourth-order valence-corrected chi connectivity index (χ4v) is 3.92. The van der Waals surface area contributed by atoms with Gasteiger partial charge in [0, 0.05) is 32.2 Å². The summed E-state index contributed by atoms with van der Waals surface area (Å²) in [6.45, 7) is 3.10. The van der Waals surface area contributed by atoms with Crippen LogP contribution in [-0.4, -0.2) is 51.6 Å². The van der Waals surface area contributed by atoms with Crippen LogP contribution in [-0.2, 0) is 16.6 Å². The summed E-state index contributed by atoms with van der Waals surface area (Å²) in [6.07, 6.45) is 0. The molecule has 0 radical (unpaired) electrons. The van der Waals surface area contributed by atoms with Gasteiger partial charge in [0.15, 0.2) is 4.67 Å². The van der Waals surface area contributed by atoms with Gasteiger partial charge in [0.25, 0.3) is 10.0 Å². The Hall–Kier alpha value is -0.450. The van der Waals surface area contributed by atoms with Crippen LogP contribution in [0, 0.1) is 0 Å². The fourth-order valence-electron chi connectivity index (χ4n) is 1.80. The van der Waals surface area contributed by atoms with Gasteiger partial charge in [0.05, 0.1) is 6.54 Å². The van der Waals surface area contributed by atoms with E-state index in [0.717, 1.165) is 13.1 Å². The van der Waals surface area contributed by atoms with Gasteiger partial charge in [-0.25, -0.2) is 13.4 Å². The van der Waals surface area contributed by atoms with Crippen molar-refractivity contribution in [2.45, 2.75) is 11.4 Å². The van der Waals surface area contributed by atoms with Crippen molar-refractivity contribution in [1.29, 1.82) is 0 Å². The molecule has 2 heterocycles. The van der Waals surface area contributed by atoms with Crippen LogP contribution in [0.3, 0.4) is 0 Å². The number of rotatable bonds is 4. The van der Waals surface area contributed by atoms with E-state index in [1.165, 1.54) is 6.07 Å². The molecule has 3 N–H and O–H groups in total. The van der Waals surface area contributed by atoms with Crippen LogP contribution in [0.5, 0.6) is 0 Å². The number of hydrogen-bond donors (Lipinski definition) is 2. The minimum Gasteiger partial charge on any atom is -0.452 e. The van der Waals surface area contributed by atoms with Gasteiger partial charge >= 0.3 is 0 Å². The summed E-state index contributed by atoms with van der Waals surface area (Å²) < 4.78 is 29.8. The standard InChI is InChI=1S/C10H17BrN4O3S/c1-14-2-4-15(5-3-14)13-19(16,17)9-6-8(7-12)18-10(9)11/h6,13H,2-5,7,12H2,1H3. The van der Waals surface area contributed by atoms with Crippen LogP contribution in [0.25, 0.3) is 0 Å². The lowest BCUT2D eigenvalue weighted by Gasteiger charge is -2.31. The Morgan fingerprint density at radius 2 is 2.05 bits per heavy atom. The van der Waals surface area contributed by atoms with E-state index in [9.17, 15) is 8.42 Å². The maximum atomic E-state index is 12.2. The van der Waals surface area contributed by atoms with Gasteiger partial charge in [-0.15, -0.1) is 4.83 Å². The lowest BCUT2D eigenvalue weighted by molar-refractivity contribution is 0.134. The lowest BCUT2D eigenvalue weighted by atomic mass is 10.4. The van der Waals surface area contributed by atoms with E-state index < -0.39 is 10.0 Å². The second-order valence-corrected chi connectivity index (χ2v) is 6.79. The second kappa shape index (κ2) is 5.90. The van der Waals surface area contributed by atoms with Crippen LogP contribution < -0.4 is 10.6 Å². The topological polar surface area (TPSA) is 91.8 Å². The van der Waals surface area contributed by atoms with Crippen LogP contribution in [0.2, 0.25) is 0 Å². The Labute approximate surface area is 120 Å². The van der Waals surface area contributed by atoms with Crippen molar-refractivity contribution >= 4 is 26.0 Å². The first-order chi connectivity index (χ1) is 8.92. The summed E-state index contributed by atoms with van der Waals surface area (Å²) in [7, 11) is -1.63. The van der Waals surface area contributed by atoms with Gasteiger partial charge in [-0.1, -0.05) is 0 Å². The minimum absolute atomic E-state index is 0.0758. The smallest absolute Gasteiger partial charge is 0.257 e. The summed E-state index contributed by atoms with van der Waals surface area (Å²) in [4.78, 5) is 4.78. The molecule has 1 saturated heterocycles. The fraction of sp³-hybridized carbons (Fsp3) is 0.600. The molecule has 0 atom stereocenters. The van der Waals surface area contributed by atoms with E-state index in [1.807, 2.05) is 7.05 Å². The number of nitrogens with two attached hydrogens (primary N) is 1. The van der Waals surface area contributed by atoms with Crippen LogP contribution >= 0.6 is 15.9 Å². The molecule has 2 rings (SSSR count). The van der Waals surface area contributed by atoms with Crippen molar-refractivity contribution in [2.24, 2.45) is 5.73 Å². The van der Waals surface area contributed by atoms with E-state index in [-0.39, 0.29) is 16.1 Å². The molecular formula is C10H17BrN4O3S. The average Bonchev–Trinajstić information content (AvgIpc) is 2.74. The number of sulfonamides is 1. The van der Waals surface area contributed by atoms with E-state index in [0.29, 0.717) is 18.8 Å². The number of furan rings is 1. The van der Waals surface area contributed by atoms with E-state index in [2.05, 4.69) is 25.7 Å². The highest BCUT2D eigenvalue weighted by Gasteiger charge is 2.26. The van der Waals surface area contributed by atoms with E-state index in [4.69, 9.17) is 10.2 Å². The molecule has 0 amide bonds. The molecule has 9 heteroatoms. The van der Waals surface area contributed by atoms with Gasteiger partial charge in [-0.3, -0.25) is 0 Å². The van der Waals surface area contributed by atoms with Gasteiger partial charge in [-0.2, -0.15) is 0 Å². The molecular weight excluding hydrogens is 336 g/mol. The predicted molar refractivity (Wildman–Crippen MR) is 73.7 cm³/mol. The summed E-state index contributed by atoms with van der Waals surface area (Å²) in [5.74, 6) is 0.422. The molecule has 0 bridgehead atoms. The highest BCUT2D eigenvalue weighted by Crippen LogP contribution is 2.26. The Kier molecular flexibility index (Phi) is 4.64. The van der Waals surface area contributed by atoms with E-state index in [1.54, 1.807) is 5.01 Å². The maximum Gasteiger partial charge on any atom is 0.257 e. The monoisotopic (exact) mass is 352 g/mol. The molecule has 0 saturated carbocycles. The molecule has 1 aliphatic rings. The minimum atomic E-state index is -3.64. The summed E-state index contributed by atoms with van der Waals surface area (Å²) in [6, 6.07) is 1.43. The largest absolute Gasteiger partial charge is 0.452 e. The Morgan fingerprint density at radius 1 is 1.42 bits per heavy atom. The molecule has 1 fully saturated rings. The molecule has 7 nitrogen and oxygen atoms in total. The number of hydrazine groups is 1. The number of nitrogens with zero attached hydrogens (tertiary/aromatic N) is 2. The van der Waals surface area contributed by atoms with Crippen molar-refractivity contribution in [3.8, 4) is 0 Å². The van der Waals surface area contributed by atoms with Gasteiger partial charge in [0.1, 0.15) is 10.7 Å². The molecule has 1 aromatic rings. The zero-order chi connectivity index (χ0) is 14.0. The third kappa shape index (κ3) is 3.56. The highest BCUT2D eigenvalue weighted by atomic mass is 79.9. The molecule has 0 unspecified atom stereocenters. The van der Waals surface area contributed by atoms with Gasteiger partial charge in [-0.05, 0) is 23.0 Å². The van der Waals surface area contributed by atoms with Crippen molar-refractivity contribution < 1.29 is 12.8 Å². The molecule has 0 aromatic carbocycles. The normalized spacial score (nSPS) is 18.9. The molecule has 0 spiro atoms. The molecule has 19 heavy (non-hydrogen) atoms. The third-order valence-electron chi connectivity index (χ3n) is 2.95. The highest BCUT2D eigenvalue weighted by molar-refractivity contribution is 9.10. The summed E-state index contributed by atoms with van der Waals surface area (Å²) in [5, 5.41) is 1.69. The van der Waals surface area contributed by atoms with Gasteiger partial charge < -0.3 is 15.1 Å². The number of piperazine rings is 1.